The number of piperidine rings is 1. The van der Waals surface area contributed by atoms with Gasteiger partial charge in [0.2, 0.25) is 0 Å². The van der Waals surface area contributed by atoms with Crippen LogP contribution < -0.4 is 16.6 Å². The maximum atomic E-state index is 12.2. The van der Waals surface area contributed by atoms with Gasteiger partial charge in [0.05, 0.1) is 17.3 Å². The smallest absolute Gasteiger partial charge is 0.317 e. The Kier molecular flexibility index (Phi) is 8.55. The van der Waals surface area contributed by atoms with Gasteiger partial charge < -0.3 is 5.32 Å². The summed E-state index contributed by atoms with van der Waals surface area (Å²) in [6.45, 7) is 1.96. The number of nitrogens with one attached hydrogen (secondary N) is 2. The molecule has 0 aliphatic carbocycles. The molecule has 1 saturated heterocycles. The normalized spacial score (nSPS) is 14.9. The van der Waals surface area contributed by atoms with Crippen molar-refractivity contribution in [3.05, 3.63) is 106 Å². The first-order valence-electron chi connectivity index (χ1n) is 11.0. The summed E-state index contributed by atoms with van der Waals surface area (Å²) in [6, 6.07) is 10.7. The van der Waals surface area contributed by atoms with Crippen molar-refractivity contribution < 1.29 is 0 Å². The van der Waals surface area contributed by atoms with Crippen molar-refractivity contribution in [2.75, 3.05) is 13.1 Å². The average Bonchev–Trinajstić information content (AvgIpc) is 3.32. The van der Waals surface area contributed by atoms with Crippen LogP contribution in [0.2, 0.25) is 15.1 Å². The van der Waals surface area contributed by atoms with Crippen LogP contribution in [0.3, 0.4) is 0 Å². The third-order valence-corrected chi connectivity index (χ3v) is 7.86. The second kappa shape index (κ2) is 11.5. The zero-order chi connectivity index (χ0) is 24.5. The van der Waals surface area contributed by atoms with Crippen LogP contribution in [0.1, 0.15) is 46.5 Å². The molecule has 5 rings (SSSR count). The highest BCUT2D eigenvalue weighted by molar-refractivity contribution is 7.09. The van der Waals surface area contributed by atoms with Gasteiger partial charge in [0.15, 0.2) is 0 Å². The summed E-state index contributed by atoms with van der Waals surface area (Å²) in [5.41, 5.74) is 1.77. The fourth-order valence-electron chi connectivity index (χ4n) is 4.33. The van der Waals surface area contributed by atoms with Crippen LogP contribution in [0.15, 0.2) is 57.6 Å². The monoisotopic (exact) mass is 583 g/mol. The fourth-order valence-corrected chi connectivity index (χ4v) is 6.19. The van der Waals surface area contributed by atoms with E-state index in [0.29, 0.717) is 32.2 Å². The van der Waals surface area contributed by atoms with Crippen molar-refractivity contribution in [3.8, 4) is 5.69 Å². The van der Waals surface area contributed by atoms with Gasteiger partial charge in [-0.2, -0.15) is 9.78 Å². The second-order valence-corrected chi connectivity index (χ2v) is 10.4. The molecule has 2 aromatic carbocycles. The Hall–Kier alpha value is -2.20. The molecule has 2 aromatic heterocycles. The molecule has 0 amide bonds. The number of hydrogen-bond donors (Lipinski definition) is 2. The molecule has 1 unspecified atom stereocenters. The number of aromatic nitrogens is 4. The van der Waals surface area contributed by atoms with Gasteiger partial charge in [-0.1, -0.05) is 46.9 Å². The minimum Gasteiger partial charge on any atom is -0.317 e. The number of benzene rings is 2. The van der Waals surface area contributed by atoms with E-state index in [1.807, 2.05) is 24.3 Å². The molecule has 7 nitrogen and oxygen atoms in total. The molecule has 0 bridgehead atoms. The molecule has 1 atom stereocenters. The molecule has 1 fully saturated rings. The maximum absolute atomic E-state index is 12.2. The van der Waals surface area contributed by atoms with Gasteiger partial charge in [-0.15, -0.1) is 23.7 Å². The molecule has 188 valence electrons. The number of nitrogens with zero attached hydrogens (tertiary/aromatic N) is 3. The lowest BCUT2D eigenvalue weighted by molar-refractivity contribution is 0.454. The third kappa shape index (κ3) is 5.54. The van der Waals surface area contributed by atoms with E-state index >= 15 is 0 Å². The van der Waals surface area contributed by atoms with Crippen LogP contribution >= 0.6 is 58.5 Å². The van der Waals surface area contributed by atoms with Crippen molar-refractivity contribution in [3.63, 3.8) is 0 Å². The number of aromatic amines is 1. The molecule has 3 heterocycles. The molecule has 1 aliphatic rings. The van der Waals surface area contributed by atoms with E-state index in [0.717, 1.165) is 53.1 Å². The highest BCUT2D eigenvalue weighted by atomic mass is 35.5. The standard InChI is InChI=1S/C24H20Cl3N5O2S.ClH/c25-15-3-1-14(2-4-15)21(23-30-19(12-35-23)13-5-7-28-8-6-13)22-17(26)9-16(10-18(22)27)32-24(34)31-20(33)11-29-32;/h1-4,9-13,21,28H,5-8H2,(H,31,33,34);1H. The van der Waals surface area contributed by atoms with E-state index in [4.69, 9.17) is 39.8 Å². The maximum Gasteiger partial charge on any atom is 0.349 e. The third-order valence-electron chi connectivity index (χ3n) is 6.06. The van der Waals surface area contributed by atoms with Crippen LogP contribution in [0, 0.1) is 0 Å². The molecule has 2 N–H and O–H groups in total. The molecule has 12 heteroatoms. The lowest BCUT2D eigenvalue weighted by Gasteiger charge is -2.22. The Morgan fingerprint density at radius 1 is 1.03 bits per heavy atom. The molecule has 1 aliphatic heterocycles. The van der Waals surface area contributed by atoms with Gasteiger partial charge in [0, 0.05) is 31.9 Å². The van der Waals surface area contributed by atoms with Gasteiger partial charge in [0.1, 0.15) is 11.2 Å². The van der Waals surface area contributed by atoms with Crippen molar-refractivity contribution in [1.29, 1.82) is 0 Å². The zero-order valence-corrected chi connectivity index (χ0v) is 22.6. The molecular weight excluding hydrogens is 564 g/mol. The van der Waals surface area contributed by atoms with Crippen molar-refractivity contribution in [1.82, 2.24) is 25.1 Å². The quantitative estimate of drug-likeness (QED) is 0.327. The number of halogens is 4. The Labute approximate surface area is 231 Å². The molecule has 36 heavy (non-hydrogen) atoms. The van der Waals surface area contributed by atoms with E-state index in [1.54, 1.807) is 23.5 Å². The number of hydrogen-bond acceptors (Lipinski definition) is 6. The zero-order valence-electron chi connectivity index (χ0n) is 18.7. The summed E-state index contributed by atoms with van der Waals surface area (Å²) >= 11 is 21.3. The first-order valence-corrected chi connectivity index (χ1v) is 13.0. The van der Waals surface area contributed by atoms with Crippen LogP contribution in [0.5, 0.6) is 0 Å². The first-order chi connectivity index (χ1) is 16.9. The predicted octanol–water partition coefficient (Wildman–Crippen LogP) is 5.41. The summed E-state index contributed by atoms with van der Waals surface area (Å²) < 4.78 is 1.04. The lowest BCUT2D eigenvalue weighted by atomic mass is 9.91. The van der Waals surface area contributed by atoms with Crippen LogP contribution in [-0.4, -0.2) is 32.8 Å². The van der Waals surface area contributed by atoms with Gasteiger partial charge in [0.25, 0.3) is 5.56 Å². The van der Waals surface area contributed by atoms with E-state index in [1.165, 1.54) is 0 Å². The molecular formula is C24H21Cl4N5O2S. The summed E-state index contributed by atoms with van der Waals surface area (Å²) in [5, 5.41) is 11.6. The van der Waals surface area contributed by atoms with Gasteiger partial charge in [-0.05, 0) is 55.8 Å². The van der Waals surface area contributed by atoms with Gasteiger partial charge in [-0.25, -0.2) is 9.78 Å². The lowest BCUT2D eigenvalue weighted by Crippen LogP contribution is -2.30. The van der Waals surface area contributed by atoms with Gasteiger partial charge in [-0.3, -0.25) is 9.78 Å². The minimum absolute atomic E-state index is 0. The molecule has 0 spiro atoms. The van der Waals surface area contributed by atoms with Gasteiger partial charge >= 0.3 is 5.69 Å². The SMILES string of the molecule is Cl.O=c1cnn(-c2cc(Cl)c(C(c3ccc(Cl)cc3)c3nc(C4CCNCC4)cs3)c(Cl)c2)c(=O)[nH]1. The van der Waals surface area contributed by atoms with Crippen LogP contribution in [-0.2, 0) is 0 Å². The van der Waals surface area contributed by atoms with Crippen molar-refractivity contribution >= 4 is 58.5 Å². The Bertz CT molecular complexity index is 1460. The second-order valence-electron chi connectivity index (χ2n) is 8.29. The van der Waals surface area contributed by atoms with E-state index < -0.39 is 11.2 Å². The molecule has 4 aromatic rings. The Morgan fingerprint density at radius 3 is 2.33 bits per heavy atom. The topological polar surface area (TPSA) is 92.7 Å². The van der Waals surface area contributed by atoms with E-state index in [-0.39, 0.29) is 18.3 Å². The van der Waals surface area contributed by atoms with E-state index in [9.17, 15) is 9.59 Å². The fraction of sp³-hybridized carbons (Fsp3) is 0.250. The van der Waals surface area contributed by atoms with Crippen molar-refractivity contribution in [2.45, 2.75) is 24.7 Å². The molecule has 0 saturated carbocycles. The minimum atomic E-state index is -0.682. The largest absolute Gasteiger partial charge is 0.349 e. The Morgan fingerprint density at radius 2 is 1.69 bits per heavy atom. The number of thiazole rings is 1. The highest BCUT2D eigenvalue weighted by Gasteiger charge is 2.28. The van der Waals surface area contributed by atoms with Crippen LogP contribution in [0.25, 0.3) is 5.69 Å². The molecule has 0 radical (unpaired) electrons. The number of H-pyrrole nitrogens is 1. The Balaban J connectivity index is 0.00000304. The highest BCUT2D eigenvalue weighted by Crippen LogP contribution is 2.43. The van der Waals surface area contributed by atoms with E-state index in [2.05, 4.69) is 20.8 Å². The average molecular weight is 585 g/mol. The summed E-state index contributed by atoms with van der Waals surface area (Å²) in [7, 11) is 0. The summed E-state index contributed by atoms with van der Waals surface area (Å²) in [5.74, 6) is 0.0840. The van der Waals surface area contributed by atoms with Crippen molar-refractivity contribution in [2.24, 2.45) is 0 Å². The summed E-state index contributed by atoms with van der Waals surface area (Å²) in [6.07, 6.45) is 3.11. The predicted molar refractivity (Wildman–Crippen MR) is 147 cm³/mol. The number of rotatable bonds is 5. The van der Waals surface area contributed by atoms with Crippen LogP contribution in [0.4, 0.5) is 0 Å². The first kappa shape index (κ1) is 26.9. The summed E-state index contributed by atoms with van der Waals surface area (Å²) in [4.78, 5) is 30.9.